The van der Waals surface area contributed by atoms with E-state index in [-0.39, 0.29) is 10.8 Å². The molecular weight excluding hydrogens is 376 g/mol. The largest absolute Gasteiger partial charge is 0.497 e. The number of sulfonamides is 1. The molecule has 0 aliphatic rings. The normalized spacial score (nSPS) is 11.3. The molecule has 0 fully saturated rings. The highest BCUT2D eigenvalue weighted by Crippen LogP contribution is 2.24. The fraction of sp³-hybridized carbons (Fsp3) is 0.381. The number of hydrogen-bond donors (Lipinski definition) is 1. The van der Waals surface area contributed by atoms with Crippen LogP contribution in [0, 0.1) is 5.92 Å². The molecule has 0 unspecified atom stereocenters. The fourth-order valence-corrected chi connectivity index (χ4v) is 3.94. The number of nitrogens with one attached hydrogen (secondary N) is 1. The van der Waals surface area contributed by atoms with Crippen molar-refractivity contribution in [2.45, 2.75) is 31.6 Å². The summed E-state index contributed by atoms with van der Waals surface area (Å²) < 4.78 is 32.2. The van der Waals surface area contributed by atoms with E-state index in [1.165, 1.54) is 23.5 Å². The third kappa shape index (κ3) is 5.48. The predicted octanol–water partition coefficient (Wildman–Crippen LogP) is 3.69. The number of ether oxygens (including phenoxy) is 1. The van der Waals surface area contributed by atoms with Crippen molar-refractivity contribution in [2.75, 3.05) is 25.0 Å². The van der Waals surface area contributed by atoms with E-state index in [9.17, 15) is 13.2 Å². The number of carbonyl (C=O) groups is 1. The number of hydrogen-bond acceptors (Lipinski definition) is 4. The minimum absolute atomic E-state index is 0.0700. The van der Waals surface area contributed by atoms with Gasteiger partial charge in [0.15, 0.2) is 0 Å². The minimum atomic E-state index is -3.79. The van der Waals surface area contributed by atoms with Crippen molar-refractivity contribution in [1.29, 1.82) is 0 Å². The Balaban J connectivity index is 2.15. The van der Waals surface area contributed by atoms with Crippen molar-refractivity contribution in [3.05, 3.63) is 54.1 Å². The van der Waals surface area contributed by atoms with Gasteiger partial charge in [0.2, 0.25) is 0 Å². The summed E-state index contributed by atoms with van der Waals surface area (Å²) in [6.45, 7) is 4.84. The molecule has 0 aliphatic carbocycles. The Labute approximate surface area is 167 Å². The van der Waals surface area contributed by atoms with Crippen LogP contribution in [0.15, 0.2) is 53.4 Å². The molecule has 0 heterocycles. The molecule has 152 valence electrons. The number of amides is 1. The lowest BCUT2D eigenvalue weighted by atomic mass is 10.1. The number of methoxy groups -OCH3 is 1. The standard InChI is InChI=1S/C21H28N2O4S/c1-16(2)7-6-14-22-21(24)17-8-5-9-20(15-17)28(25,26)23(3)18-10-12-19(27-4)13-11-18/h5,8-13,15-16H,6-7,14H2,1-4H3,(H,22,24). The van der Waals surface area contributed by atoms with Crippen LogP contribution < -0.4 is 14.4 Å². The van der Waals surface area contributed by atoms with Gasteiger partial charge < -0.3 is 10.1 Å². The first-order chi connectivity index (χ1) is 13.3. The van der Waals surface area contributed by atoms with Crippen molar-refractivity contribution < 1.29 is 17.9 Å². The summed E-state index contributed by atoms with van der Waals surface area (Å²) in [6, 6.07) is 12.8. The van der Waals surface area contributed by atoms with Crippen molar-refractivity contribution in [1.82, 2.24) is 5.32 Å². The third-order valence-electron chi connectivity index (χ3n) is 4.43. The molecule has 0 aromatic heterocycles. The molecular formula is C21H28N2O4S. The molecule has 6 nitrogen and oxygen atoms in total. The first-order valence-corrected chi connectivity index (χ1v) is 10.7. The zero-order valence-corrected chi connectivity index (χ0v) is 17.6. The molecule has 0 atom stereocenters. The number of rotatable bonds is 9. The van der Waals surface area contributed by atoms with Gasteiger partial charge in [0.1, 0.15) is 5.75 Å². The molecule has 1 N–H and O–H groups in total. The fourth-order valence-electron chi connectivity index (χ4n) is 2.70. The zero-order valence-electron chi connectivity index (χ0n) is 16.8. The summed E-state index contributed by atoms with van der Waals surface area (Å²) >= 11 is 0. The van der Waals surface area contributed by atoms with E-state index >= 15 is 0 Å². The molecule has 0 radical (unpaired) electrons. The second-order valence-electron chi connectivity index (χ2n) is 6.99. The summed E-state index contributed by atoms with van der Waals surface area (Å²) in [7, 11) is -0.759. The van der Waals surface area contributed by atoms with Gasteiger partial charge in [-0.15, -0.1) is 0 Å². The van der Waals surface area contributed by atoms with Gasteiger partial charge in [-0.2, -0.15) is 0 Å². The molecule has 2 aromatic rings. The van der Waals surface area contributed by atoms with E-state index in [1.54, 1.807) is 43.5 Å². The number of anilines is 1. The van der Waals surface area contributed by atoms with Crippen molar-refractivity contribution in [3.63, 3.8) is 0 Å². The van der Waals surface area contributed by atoms with Crippen LogP contribution in [0.1, 0.15) is 37.0 Å². The average molecular weight is 405 g/mol. The molecule has 28 heavy (non-hydrogen) atoms. The minimum Gasteiger partial charge on any atom is -0.497 e. The SMILES string of the molecule is COc1ccc(N(C)S(=O)(=O)c2cccc(C(=O)NCCCC(C)C)c2)cc1. The maximum absolute atomic E-state index is 13.0. The molecule has 1 amide bonds. The van der Waals surface area contributed by atoms with Crippen molar-refractivity contribution >= 4 is 21.6 Å². The van der Waals surface area contributed by atoms with Crippen LogP contribution in [0.4, 0.5) is 5.69 Å². The lowest BCUT2D eigenvalue weighted by Crippen LogP contribution is -2.28. The first kappa shape index (κ1) is 21.8. The predicted molar refractivity (Wildman–Crippen MR) is 111 cm³/mol. The van der Waals surface area contributed by atoms with E-state index in [0.717, 1.165) is 12.8 Å². The molecule has 0 bridgehead atoms. The average Bonchev–Trinajstić information content (AvgIpc) is 2.70. The molecule has 2 rings (SSSR count). The second-order valence-corrected chi connectivity index (χ2v) is 8.96. The lowest BCUT2D eigenvalue weighted by molar-refractivity contribution is 0.0952. The molecule has 0 saturated heterocycles. The van der Waals surface area contributed by atoms with Gasteiger partial charge in [-0.05, 0) is 61.2 Å². The Kier molecular flexibility index (Phi) is 7.45. The number of nitrogens with zero attached hydrogens (tertiary/aromatic N) is 1. The molecule has 0 saturated carbocycles. The highest BCUT2D eigenvalue weighted by Gasteiger charge is 2.22. The summed E-state index contributed by atoms with van der Waals surface area (Å²) in [5.74, 6) is 0.956. The van der Waals surface area contributed by atoms with Crippen LogP contribution in [0.3, 0.4) is 0 Å². The Bertz CT molecular complexity index is 893. The summed E-state index contributed by atoms with van der Waals surface area (Å²) in [5.41, 5.74) is 0.832. The van der Waals surface area contributed by atoms with Crippen LogP contribution in [-0.4, -0.2) is 35.0 Å². The highest BCUT2D eigenvalue weighted by molar-refractivity contribution is 7.92. The van der Waals surface area contributed by atoms with Gasteiger partial charge in [-0.25, -0.2) is 8.42 Å². The van der Waals surface area contributed by atoms with Crippen LogP contribution >= 0.6 is 0 Å². The third-order valence-corrected chi connectivity index (χ3v) is 6.22. The number of carbonyl (C=O) groups excluding carboxylic acids is 1. The lowest BCUT2D eigenvalue weighted by Gasteiger charge is -2.20. The van der Waals surface area contributed by atoms with E-state index in [0.29, 0.717) is 29.5 Å². The van der Waals surface area contributed by atoms with Crippen LogP contribution in [0.5, 0.6) is 5.75 Å². The monoisotopic (exact) mass is 404 g/mol. The molecule has 0 spiro atoms. The summed E-state index contributed by atoms with van der Waals surface area (Å²) in [5, 5.41) is 2.85. The first-order valence-electron chi connectivity index (χ1n) is 9.27. The topological polar surface area (TPSA) is 75.7 Å². The molecule has 7 heteroatoms. The highest BCUT2D eigenvalue weighted by atomic mass is 32.2. The van der Waals surface area contributed by atoms with Gasteiger partial charge in [-0.1, -0.05) is 19.9 Å². The van der Waals surface area contributed by atoms with Crippen LogP contribution in [0.2, 0.25) is 0 Å². The van der Waals surface area contributed by atoms with E-state index in [1.807, 2.05) is 0 Å². The Morgan fingerprint density at radius 3 is 2.43 bits per heavy atom. The Morgan fingerprint density at radius 1 is 1.14 bits per heavy atom. The van der Waals surface area contributed by atoms with Gasteiger partial charge in [-0.3, -0.25) is 9.10 Å². The van der Waals surface area contributed by atoms with Crippen LogP contribution in [0.25, 0.3) is 0 Å². The maximum atomic E-state index is 13.0. The van der Waals surface area contributed by atoms with Crippen molar-refractivity contribution in [3.8, 4) is 5.75 Å². The maximum Gasteiger partial charge on any atom is 0.264 e. The summed E-state index contributed by atoms with van der Waals surface area (Å²) in [4.78, 5) is 12.4. The van der Waals surface area contributed by atoms with Gasteiger partial charge in [0.25, 0.3) is 15.9 Å². The van der Waals surface area contributed by atoms with Gasteiger partial charge >= 0.3 is 0 Å². The second kappa shape index (κ2) is 9.59. The Hall–Kier alpha value is -2.54. The zero-order chi connectivity index (χ0) is 20.7. The Morgan fingerprint density at radius 2 is 1.82 bits per heavy atom. The number of benzene rings is 2. The smallest absolute Gasteiger partial charge is 0.264 e. The van der Waals surface area contributed by atoms with E-state index < -0.39 is 10.0 Å². The van der Waals surface area contributed by atoms with E-state index in [4.69, 9.17) is 4.74 Å². The van der Waals surface area contributed by atoms with Gasteiger partial charge in [0.05, 0.1) is 17.7 Å². The molecule has 2 aromatic carbocycles. The van der Waals surface area contributed by atoms with Crippen LogP contribution in [-0.2, 0) is 10.0 Å². The quantitative estimate of drug-likeness (QED) is 0.647. The van der Waals surface area contributed by atoms with Crippen molar-refractivity contribution in [2.24, 2.45) is 5.92 Å². The molecule has 0 aliphatic heterocycles. The summed E-state index contributed by atoms with van der Waals surface area (Å²) in [6.07, 6.45) is 1.92. The van der Waals surface area contributed by atoms with E-state index in [2.05, 4.69) is 19.2 Å². The van der Waals surface area contributed by atoms with Gasteiger partial charge in [0, 0.05) is 19.2 Å².